The van der Waals surface area contributed by atoms with Crippen LogP contribution in [0, 0.1) is 5.92 Å². The topological polar surface area (TPSA) is 54.5 Å². The summed E-state index contributed by atoms with van der Waals surface area (Å²) < 4.78 is 27.7. The molecule has 190 valence electrons. The molecule has 8 heteroatoms. The predicted octanol–water partition coefficient (Wildman–Crippen LogP) is 7.10. The zero-order valence-electron chi connectivity index (χ0n) is 20.2. The second-order valence-corrected chi connectivity index (χ2v) is 13.0. The van der Waals surface area contributed by atoms with Gasteiger partial charge in [-0.25, -0.2) is 8.42 Å². The Labute approximate surface area is 228 Å². The molecule has 0 N–H and O–H groups in total. The van der Waals surface area contributed by atoms with Gasteiger partial charge in [-0.05, 0) is 92.8 Å². The second-order valence-electron chi connectivity index (χ2n) is 9.62. The van der Waals surface area contributed by atoms with Gasteiger partial charge < -0.3 is 4.90 Å². The van der Waals surface area contributed by atoms with Crippen molar-refractivity contribution < 1.29 is 13.2 Å². The molecule has 4 rings (SSSR count). The number of benzene rings is 3. The van der Waals surface area contributed by atoms with E-state index in [1.165, 1.54) is 6.07 Å². The summed E-state index contributed by atoms with van der Waals surface area (Å²) in [5.41, 5.74) is 2.78. The average molecular weight is 565 g/mol. The lowest BCUT2D eigenvalue weighted by molar-refractivity contribution is 0.0993. The monoisotopic (exact) mass is 563 g/mol. The zero-order valence-corrected chi connectivity index (χ0v) is 23.3. The number of hydrogen-bond donors (Lipinski definition) is 0. The number of rotatable bonds is 8. The van der Waals surface area contributed by atoms with Crippen LogP contribution >= 0.6 is 34.8 Å². The van der Waals surface area contributed by atoms with Gasteiger partial charge in [-0.1, -0.05) is 65.1 Å². The number of carbonyl (C=O) groups excluding carboxylic acids is 1. The number of carbonyl (C=O) groups is 1. The molecule has 1 aliphatic rings. The van der Waals surface area contributed by atoms with Gasteiger partial charge in [-0.3, -0.25) is 4.79 Å². The number of sulfone groups is 1. The van der Waals surface area contributed by atoms with E-state index in [9.17, 15) is 13.2 Å². The largest absolute Gasteiger partial charge is 0.309 e. The molecular weight excluding hydrogens is 537 g/mol. The number of hydrogen-bond acceptors (Lipinski definition) is 4. The average Bonchev–Trinajstić information content (AvgIpc) is 2.82. The fourth-order valence-corrected chi connectivity index (χ4v) is 7.70. The third kappa shape index (κ3) is 5.98. The fraction of sp³-hybridized carbons (Fsp3) is 0.321. The van der Waals surface area contributed by atoms with Crippen molar-refractivity contribution in [2.24, 2.45) is 5.92 Å². The Kier molecular flexibility index (Phi) is 8.48. The maximum absolute atomic E-state index is 13.9. The molecule has 0 aromatic heterocycles. The first-order chi connectivity index (χ1) is 17.1. The first-order valence-corrected chi connectivity index (χ1v) is 14.5. The lowest BCUT2D eigenvalue weighted by Gasteiger charge is -2.32. The smallest absolute Gasteiger partial charge is 0.185 e. The number of Topliss-reactive ketones (excluding diaryl/α,β-unsaturated/α-hetero) is 1. The van der Waals surface area contributed by atoms with Crippen molar-refractivity contribution in [3.05, 3.63) is 98.0 Å². The van der Waals surface area contributed by atoms with E-state index < -0.39 is 15.1 Å². The molecule has 0 amide bonds. The van der Waals surface area contributed by atoms with Gasteiger partial charge >= 0.3 is 0 Å². The quantitative estimate of drug-likeness (QED) is 0.274. The van der Waals surface area contributed by atoms with Crippen molar-refractivity contribution in [1.82, 2.24) is 4.90 Å². The molecule has 0 aliphatic heterocycles. The van der Waals surface area contributed by atoms with Gasteiger partial charge in [0.1, 0.15) is 0 Å². The lowest BCUT2D eigenvalue weighted by Crippen LogP contribution is -2.27. The van der Waals surface area contributed by atoms with Crippen LogP contribution in [0.25, 0.3) is 0 Å². The van der Waals surface area contributed by atoms with E-state index in [1.54, 1.807) is 36.4 Å². The van der Waals surface area contributed by atoms with Gasteiger partial charge in [0.05, 0.1) is 25.8 Å². The second kappa shape index (κ2) is 11.2. The Morgan fingerprint density at radius 1 is 0.972 bits per heavy atom. The maximum Gasteiger partial charge on any atom is 0.185 e. The molecule has 36 heavy (non-hydrogen) atoms. The Morgan fingerprint density at radius 2 is 1.67 bits per heavy atom. The fourth-order valence-electron chi connectivity index (χ4n) is 4.86. The summed E-state index contributed by atoms with van der Waals surface area (Å²) in [5.74, 6) is 0.0211. The van der Waals surface area contributed by atoms with Crippen molar-refractivity contribution in [2.75, 3.05) is 20.6 Å². The minimum absolute atomic E-state index is 0.0741. The summed E-state index contributed by atoms with van der Waals surface area (Å²) in [6.07, 6.45) is 2.29. The molecule has 0 saturated heterocycles. The first-order valence-electron chi connectivity index (χ1n) is 11.8. The predicted molar refractivity (Wildman–Crippen MR) is 147 cm³/mol. The Balaban J connectivity index is 1.71. The molecule has 1 unspecified atom stereocenters. The van der Waals surface area contributed by atoms with Gasteiger partial charge in [-0.2, -0.15) is 0 Å². The summed E-state index contributed by atoms with van der Waals surface area (Å²) >= 11 is 18.6. The van der Waals surface area contributed by atoms with Gasteiger partial charge in [0.25, 0.3) is 0 Å². The molecule has 0 radical (unpaired) electrons. The van der Waals surface area contributed by atoms with Crippen LogP contribution in [0.1, 0.15) is 45.1 Å². The highest BCUT2D eigenvalue weighted by Gasteiger charge is 2.37. The van der Waals surface area contributed by atoms with Crippen LogP contribution in [0.3, 0.4) is 0 Å². The minimum Gasteiger partial charge on any atom is -0.309 e. The van der Waals surface area contributed by atoms with Gasteiger partial charge in [-0.15, -0.1) is 0 Å². The summed E-state index contributed by atoms with van der Waals surface area (Å²) in [4.78, 5) is 15.4. The first kappa shape index (κ1) is 27.2. The summed E-state index contributed by atoms with van der Waals surface area (Å²) in [5, 5.41) is 0.268. The molecule has 0 bridgehead atoms. The van der Waals surface area contributed by atoms with Crippen molar-refractivity contribution in [2.45, 2.75) is 35.8 Å². The van der Waals surface area contributed by atoms with Crippen LogP contribution < -0.4 is 0 Å². The molecule has 0 fully saturated rings. The number of nitrogens with zero attached hydrogens (tertiary/aromatic N) is 1. The van der Waals surface area contributed by atoms with Crippen LogP contribution in [0.2, 0.25) is 15.1 Å². The standard InChI is InChI=1S/C28H28Cl3NO3S/c1-32(2)12-11-19-13-20-10-9-18(15-26(33)28-24(30)7-4-8-25(28)31)14-23(20)27(16-19)36(34,35)22-6-3-5-21(29)17-22/h3-10,14,17,19,27H,11-13,15-16H2,1-2H3/t19-,27?/m1/s1. The van der Waals surface area contributed by atoms with Crippen LogP contribution in [0.4, 0.5) is 0 Å². The zero-order chi connectivity index (χ0) is 26.0. The lowest BCUT2D eigenvalue weighted by atomic mass is 9.81. The highest BCUT2D eigenvalue weighted by Crippen LogP contribution is 2.43. The Bertz CT molecular complexity index is 1370. The maximum atomic E-state index is 13.9. The van der Waals surface area contributed by atoms with Crippen LogP contribution in [0.5, 0.6) is 0 Å². The summed E-state index contributed by atoms with van der Waals surface area (Å²) in [7, 11) is 0.333. The van der Waals surface area contributed by atoms with E-state index in [1.807, 2.05) is 32.3 Å². The van der Waals surface area contributed by atoms with Gasteiger partial charge in [0, 0.05) is 11.4 Å². The molecular formula is C28H28Cl3NO3S. The Hall–Kier alpha value is -1.89. The minimum atomic E-state index is -3.71. The van der Waals surface area contributed by atoms with E-state index >= 15 is 0 Å². The molecule has 3 aromatic rings. The number of ketones is 1. The highest BCUT2D eigenvalue weighted by molar-refractivity contribution is 7.91. The van der Waals surface area contributed by atoms with Gasteiger partial charge in [0.15, 0.2) is 15.6 Å². The SMILES string of the molecule is CN(C)CC[C@@H]1Cc2ccc(CC(=O)c3c(Cl)cccc3Cl)cc2C(S(=O)(=O)c2cccc(Cl)c2)C1. The molecule has 4 nitrogen and oxygen atoms in total. The van der Waals surface area contributed by atoms with Crippen molar-refractivity contribution in [1.29, 1.82) is 0 Å². The van der Waals surface area contributed by atoms with Gasteiger partial charge in [0.2, 0.25) is 0 Å². The van der Waals surface area contributed by atoms with E-state index in [4.69, 9.17) is 34.8 Å². The normalized spacial score (nSPS) is 17.7. The number of halogens is 3. The highest BCUT2D eigenvalue weighted by atomic mass is 35.5. The van der Waals surface area contributed by atoms with Crippen molar-refractivity contribution >= 4 is 50.4 Å². The van der Waals surface area contributed by atoms with Crippen LogP contribution in [-0.2, 0) is 22.7 Å². The van der Waals surface area contributed by atoms with E-state index in [-0.39, 0.29) is 28.6 Å². The Morgan fingerprint density at radius 3 is 2.33 bits per heavy atom. The molecule has 0 heterocycles. The third-order valence-corrected chi connectivity index (χ3v) is 9.67. The van der Waals surface area contributed by atoms with Crippen LogP contribution in [0.15, 0.2) is 65.6 Å². The molecule has 1 aliphatic carbocycles. The molecule has 0 saturated carbocycles. The summed E-state index contributed by atoms with van der Waals surface area (Å²) in [6, 6.07) is 17.1. The molecule has 2 atom stereocenters. The van der Waals surface area contributed by atoms with Crippen molar-refractivity contribution in [3.8, 4) is 0 Å². The number of fused-ring (bicyclic) bond motifs is 1. The molecule has 3 aromatic carbocycles. The summed E-state index contributed by atoms with van der Waals surface area (Å²) in [6.45, 7) is 0.884. The molecule has 0 spiro atoms. The van der Waals surface area contributed by atoms with E-state index in [0.29, 0.717) is 21.5 Å². The van der Waals surface area contributed by atoms with Crippen molar-refractivity contribution in [3.63, 3.8) is 0 Å². The van der Waals surface area contributed by atoms with E-state index in [2.05, 4.69) is 4.90 Å². The third-order valence-electron chi connectivity index (χ3n) is 6.70. The van der Waals surface area contributed by atoms with E-state index in [0.717, 1.165) is 36.1 Å². The van der Waals surface area contributed by atoms with Crippen LogP contribution in [-0.4, -0.2) is 39.7 Å².